The van der Waals surface area contributed by atoms with Crippen LogP contribution in [0.1, 0.15) is 31.5 Å². The van der Waals surface area contributed by atoms with Gasteiger partial charge < -0.3 is 15.8 Å². The number of hydrogen-bond acceptors (Lipinski definition) is 4. The van der Waals surface area contributed by atoms with E-state index in [0.29, 0.717) is 12.0 Å². The third kappa shape index (κ3) is 4.20. The van der Waals surface area contributed by atoms with E-state index < -0.39 is 0 Å². The van der Waals surface area contributed by atoms with Crippen LogP contribution in [0.4, 0.5) is 0 Å². The van der Waals surface area contributed by atoms with Gasteiger partial charge in [-0.1, -0.05) is 12.1 Å². The molecule has 4 rings (SSSR count). The average Bonchev–Trinajstić information content (AvgIpc) is 3.05. The SMILES string of the molecule is CSc1ccc(-c2cc3nc(C4CCNC(C)C4)ncc3[nH]2)cc1.Cl.O. The van der Waals surface area contributed by atoms with Crippen molar-refractivity contribution in [2.24, 2.45) is 0 Å². The van der Waals surface area contributed by atoms with Gasteiger partial charge in [0.05, 0.1) is 17.2 Å². The molecule has 1 aliphatic rings. The molecule has 2 aromatic heterocycles. The number of piperidine rings is 1. The molecule has 1 fully saturated rings. The summed E-state index contributed by atoms with van der Waals surface area (Å²) in [7, 11) is 0. The third-order valence-electron chi connectivity index (χ3n) is 4.78. The van der Waals surface area contributed by atoms with Crippen LogP contribution < -0.4 is 5.32 Å². The first-order valence-corrected chi connectivity index (χ1v) is 9.69. The predicted octanol–water partition coefficient (Wildman–Crippen LogP) is 3.80. The molecule has 4 N–H and O–H groups in total. The van der Waals surface area contributed by atoms with Gasteiger partial charge in [0.2, 0.25) is 0 Å². The molecule has 5 nitrogen and oxygen atoms in total. The lowest BCUT2D eigenvalue weighted by Crippen LogP contribution is -2.35. The number of fused-ring (bicyclic) bond motifs is 1. The summed E-state index contributed by atoms with van der Waals surface area (Å²) in [6.45, 7) is 3.28. The minimum absolute atomic E-state index is 0. The molecular formula is C19H25ClN4OS. The molecule has 0 bridgehead atoms. The summed E-state index contributed by atoms with van der Waals surface area (Å²) >= 11 is 1.76. The maximum atomic E-state index is 4.84. The number of hydrogen-bond donors (Lipinski definition) is 2. The van der Waals surface area contributed by atoms with Crippen molar-refractivity contribution in [1.29, 1.82) is 0 Å². The van der Waals surface area contributed by atoms with Crippen molar-refractivity contribution in [3.63, 3.8) is 0 Å². The normalized spacial score (nSPS) is 19.6. The number of nitrogens with zero attached hydrogens (tertiary/aromatic N) is 2. The molecule has 2 atom stereocenters. The summed E-state index contributed by atoms with van der Waals surface area (Å²) in [6, 6.07) is 11.3. The zero-order valence-electron chi connectivity index (χ0n) is 15.0. The zero-order valence-corrected chi connectivity index (χ0v) is 16.6. The number of halogens is 1. The van der Waals surface area contributed by atoms with Crippen molar-refractivity contribution >= 4 is 35.2 Å². The van der Waals surface area contributed by atoms with Crippen molar-refractivity contribution < 1.29 is 5.48 Å². The minimum Gasteiger partial charge on any atom is -0.412 e. The van der Waals surface area contributed by atoms with Gasteiger partial charge in [0, 0.05) is 22.5 Å². The Bertz CT molecular complexity index is 852. The lowest BCUT2D eigenvalue weighted by atomic mass is 9.92. The molecule has 0 spiro atoms. The van der Waals surface area contributed by atoms with E-state index in [2.05, 4.69) is 58.8 Å². The first-order valence-electron chi connectivity index (χ1n) is 8.46. The molecule has 2 unspecified atom stereocenters. The Hall–Kier alpha value is -1.60. The van der Waals surface area contributed by atoms with Crippen molar-refractivity contribution in [3.05, 3.63) is 42.4 Å². The topological polar surface area (TPSA) is 85.1 Å². The Morgan fingerprint density at radius 3 is 2.65 bits per heavy atom. The maximum Gasteiger partial charge on any atom is 0.132 e. The van der Waals surface area contributed by atoms with E-state index in [4.69, 9.17) is 4.98 Å². The number of rotatable bonds is 3. The fraction of sp³-hybridized carbons (Fsp3) is 0.368. The van der Waals surface area contributed by atoms with Crippen LogP contribution in [0.5, 0.6) is 0 Å². The molecule has 1 saturated heterocycles. The van der Waals surface area contributed by atoms with E-state index in [1.165, 1.54) is 10.5 Å². The fourth-order valence-corrected chi connectivity index (χ4v) is 3.83. The maximum absolute atomic E-state index is 4.84. The van der Waals surface area contributed by atoms with Crippen LogP contribution in [-0.4, -0.2) is 39.3 Å². The number of benzene rings is 1. The zero-order chi connectivity index (χ0) is 16.5. The fourth-order valence-electron chi connectivity index (χ4n) is 3.42. The summed E-state index contributed by atoms with van der Waals surface area (Å²) in [6.07, 6.45) is 6.25. The van der Waals surface area contributed by atoms with E-state index in [1.54, 1.807) is 11.8 Å². The monoisotopic (exact) mass is 392 g/mol. The first kappa shape index (κ1) is 20.7. The van der Waals surface area contributed by atoms with Crippen LogP contribution in [0.3, 0.4) is 0 Å². The average molecular weight is 393 g/mol. The van der Waals surface area contributed by atoms with Crippen molar-refractivity contribution in [3.8, 4) is 11.3 Å². The van der Waals surface area contributed by atoms with Gasteiger partial charge in [0.15, 0.2) is 0 Å². The summed E-state index contributed by atoms with van der Waals surface area (Å²) in [5, 5.41) is 3.49. The standard InChI is InChI=1S/C19H22N4S.ClH.H2O/c1-12-9-14(7-8-20-12)19-21-11-18-17(23-19)10-16(22-18)13-3-5-15(24-2)6-4-13;;/h3-6,10-12,14,20,22H,7-9H2,1-2H3;1H;1H2. The van der Waals surface area contributed by atoms with Gasteiger partial charge >= 0.3 is 0 Å². The van der Waals surface area contributed by atoms with Crippen LogP contribution in [-0.2, 0) is 0 Å². The van der Waals surface area contributed by atoms with Gasteiger partial charge in [-0.2, -0.15) is 0 Å². The van der Waals surface area contributed by atoms with E-state index in [9.17, 15) is 0 Å². The van der Waals surface area contributed by atoms with Gasteiger partial charge in [-0.05, 0) is 56.3 Å². The van der Waals surface area contributed by atoms with Crippen LogP contribution >= 0.6 is 24.2 Å². The second-order valence-corrected chi connectivity index (χ2v) is 7.39. The van der Waals surface area contributed by atoms with E-state index in [1.807, 2.05) is 6.20 Å². The summed E-state index contributed by atoms with van der Waals surface area (Å²) in [5.41, 5.74) is 4.30. The first-order chi connectivity index (χ1) is 11.7. The second kappa shape index (κ2) is 8.86. The summed E-state index contributed by atoms with van der Waals surface area (Å²) in [4.78, 5) is 14.2. The van der Waals surface area contributed by atoms with Crippen LogP contribution in [0.2, 0.25) is 0 Å². The Kier molecular flexibility index (Phi) is 7.06. The molecule has 3 heterocycles. The molecule has 0 aliphatic carbocycles. The number of aromatic amines is 1. The highest BCUT2D eigenvalue weighted by Crippen LogP contribution is 2.28. The van der Waals surface area contributed by atoms with Gasteiger partial charge in [0.25, 0.3) is 0 Å². The summed E-state index contributed by atoms with van der Waals surface area (Å²) < 4.78 is 0. The molecule has 3 aromatic rings. The lowest BCUT2D eigenvalue weighted by molar-refractivity contribution is 0.371. The quantitative estimate of drug-likeness (QED) is 0.664. The Morgan fingerprint density at radius 2 is 1.96 bits per heavy atom. The highest BCUT2D eigenvalue weighted by Gasteiger charge is 2.22. The van der Waals surface area contributed by atoms with Crippen molar-refractivity contribution in [1.82, 2.24) is 20.3 Å². The Labute approximate surface area is 164 Å². The molecule has 26 heavy (non-hydrogen) atoms. The molecule has 0 radical (unpaired) electrons. The molecule has 1 aliphatic heterocycles. The number of H-pyrrole nitrogens is 1. The number of aromatic nitrogens is 3. The van der Waals surface area contributed by atoms with E-state index >= 15 is 0 Å². The minimum atomic E-state index is 0. The molecule has 1 aromatic carbocycles. The van der Waals surface area contributed by atoms with E-state index in [-0.39, 0.29) is 17.9 Å². The van der Waals surface area contributed by atoms with Crippen LogP contribution in [0.15, 0.2) is 41.4 Å². The third-order valence-corrected chi connectivity index (χ3v) is 5.52. The smallest absolute Gasteiger partial charge is 0.132 e. The van der Waals surface area contributed by atoms with Crippen LogP contribution in [0, 0.1) is 0 Å². The number of thioether (sulfide) groups is 1. The van der Waals surface area contributed by atoms with Gasteiger partial charge in [-0.3, -0.25) is 0 Å². The molecule has 0 saturated carbocycles. The van der Waals surface area contributed by atoms with Crippen LogP contribution in [0.25, 0.3) is 22.3 Å². The molecule has 140 valence electrons. The Balaban J connectivity index is 0.00000121. The molecular weight excluding hydrogens is 368 g/mol. The highest BCUT2D eigenvalue weighted by atomic mass is 35.5. The van der Waals surface area contributed by atoms with Crippen molar-refractivity contribution in [2.75, 3.05) is 12.8 Å². The molecule has 7 heteroatoms. The van der Waals surface area contributed by atoms with Gasteiger partial charge in [-0.25, -0.2) is 9.97 Å². The second-order valence-electron chi connectivity index (χ2n) is 6.52. The highest BCUT2D eigenvalue weighted by molar-refractivity contribution is 7.98. The number of nitrogens with one attached hydrogen (secondary N) is 2. The predicted molar refractivity (Wildman–Crippen MR) is 111 cm³/mol. The lowest BCUT2D eigenvalue weighted by Gasteiger charge is -2.26. The molecule has 0 amide bonds. The largest absolute Gasteiger partial charge is 0.412 e. The Morgan fingerprint density at radius 1 is 1.19 bits per heavy atom. The van der Waals surface area contributed by atoms with Gasteiger partial charge in [-0.15, -0.1) is 24.2 Å². The van der Waals surface area contributed by atoms with E-state index in [0.717, 1.165) is 41.9 Å². The van der Waals surface area contributed by atoms with Gasteiger partial charge in [0.1, 0.15) is 5.82 Å². The summed E-state index contributed by atoms with van der Waals surface area (Å²) in [5.74, 6) is 1.45. The van der Waals surface area contributed by atoms with Crippen molar-refractivity contribution in [2.45, 2.75) is 36.6 Å².